The van der Waals surface area contributed by atoms with Gasteiger partial charge in [-0.1, -0.05) is 24.3 Å². The van der Waals surface area contributed by atoms with Crippen LogP contribution in [0.2, 0.25) is 0 Å². The minimum absolute atomic E-state index is 0.0970. The van der Waals surface area contributed by atoms with Gasteiger partial charge in [-0.15, -0.1) is 0 Å². The number of nitrogens with zero attached hydrogens (tertiary/aromatic N) is 1. The number of methoxy groups -OCH3 is 1. The highest BCUT2D eigenvalue weighted by Crippen LogP contribution is 2.21. The van der Waals surface area contributed by atoms with Crippen LogP contribution in [-0.4, -0.2) is 19.1 Å². The number of carbonyl (C=O) groups is 1. The zero-order chi connectivity index (χ0) is 18.2. The molecule has 0 unspecified atom stereocenters. The van der Waals surface area contributed by atoms with E-state index in [9.17, 15) is 4.79 Å². The van der Waals surface area contributed by atoms with Gasteiger partial charge in [0.15, 0.2) is 6.10 Å². The van der Waals surface area contributed by atoms with Gasteiger partial charge in [-0.2, -0.15) is 5.26 Å². The fraction of sp³-hybridized carbons (Fsp3) is 0.300. The van der Waals surface area contributed by atoms with Crippen molar-refractivity contribution in [2.45, 2.75) is 32.6 Å². The molecule has 0 aliphatic heterocycles. The van der Waals surface area contributed by atoms with Crippen LogP contribution < -0.4 is 10.1 Å². The third kappa shape index (κ3) is 5.33. The molecule has 0 bridgehead atoms. The van der Waals surface area contributed by atoms with Crippen molar-refractivity contribution in [1.82, 2.24) is 5.32 Å². The third-order valence-corrected chi connectivity index (χ3v) is 3.58. The van der Waals surface area contributed by atoms with Gasteiger partial charge in [-0.25, -0.2) is 0 Å². The lowest BCUT2D eigenvalue weighted by Crippen LogP contribution is -2.30. The number of ether oxygens (including phenoxy) is 2. The maximum absolute atomic E-state index is 12.4. The van der Waals surface area contributed by atoms with Gasteiger partial charge in [0, 0.05) is 13.7 Å². The molecular formula is C20H22N2O3. The summed E-state index contributed by atoms with van der Waals surface area (Å²) >= 11 is 0. The second kappa shape index (κ2) is 8.86. The quantitative estimate of drug-likeness (QED) is 0.840. The Kier molecular flexibility index (Phi) is 6.55. The molecule has 2 rings (SSSR count). The predicted molar refractivity (Wildman–Crippen MR) is 95.0 cm³/mol. The van der Waals surface area contributed by atoms with Gasteiger partial charge >= 0.3 is 0 Å². The molecule has 0 spiro atoms. The summed E-state index contributed by atoms with van der Waals surface area (Å²) in [6.45, 7) is 4.30. The standard InChI is InChI=1S/C20H22N2O3/c1-14(2)25-18-10-8-17(9-11-18)19(24-3)20(23)22-13-16-6-4-15(12-21)5-7-16/h4-11,14,19H,13H2,1-3H3,(H,22,23)/t19-/m0/s1. The largest absolute Gasteiger partial charge is 0.491 e. The summed E-state index contributed by atoms with van der Waals surface area (Å²) in [5.74, 6) is 0.538. The second-order valence-corrected chi connectivity index (χ2v) is 5.88. The first kappa shape index (κ1) is 18.5. The number of amides is 1. The lowest BCUT2D eigenvalue weighted by atomic mass is 10.1. The highest BCUT2D eigenvalue weighted by atomic mass is 16.5. The minimum atomic E-state index is -0.688. The molecule has 25 heavy (non-hydrogen) atoms. The third-order valence-electron chi connectivity index (χ3n) is 3.58. The Balaban J connectivity index is 1.98. The summed E-state index contributed by atoms with van der Waals surface area (Å²) in [7, 11) is 1.50. The van der Waals surface area contributed by atoms with Crippen molar-refractivity contribution in [3.8, 4) is 11.8 Å². The van der Waals surface area contributed by atoms with Crippen molar-refractivity contribution < 1.29 is 14.3 Å². The normalized spacial score (nSPS) is 11.6. The van der Waals surface area contributed by atoms with Crippen LogP contribution in [-0.2, 0) is 16.1 Å². The Morgan fingerprint density at radius 2 is 1.76 bits per heavy atom. The molecule has 5 heteroatoms. The van der Waals surface area contributed by atoms with Crippen molar-refractivity contribution in [3.63, 3.8) is 0 Å². The van der Waals surface area contributed by atoms with Crippen LogP contribution in [0.25, 0.3) is 0 Å². The number of hydrogen-bond donors (Lipinski definition) is 1. The Morgan fingerprint density at radius 1 is 1.12 bits per heavy atom. The van der Waals surface area contributed by atoms with E-state index in [0.29, 0.717) is 12.1 Å². The second-order valence-electron chi connectivity index (χ2n) is 5.88. The van der Waals surface area contributed by atoms with Gasteiger partial charge in [0.2, 0.25) is 0 Å². The molecule has 5 nitrogen and oxygen atoms in total. The monoisotopic (exact) mass is 338 g/mol. The van der Waals surface area contributed by atoms with E-state index < -0.39 is 6.10 Å². The molecule has 0 saturated heterocycles. The summed E-state index contributed by atoms with van der Waals surface area (Å²) in [5.41, 5.74) is 2.27. The number of hydrogen-bond acceptors (Lipinski definition) is 4. The van der Waals surface area contributed by atoms with E-state index in [4.69, 9.17) is 14.7 Å². The smallest absolute Gasteiger partial charge is 0.254 e. The molecule has 1 amide bonds. The number of benzene rings is 2. The van der Waals surface area contributed by atoms with Crippen molar-refractivity contribution in [2.75, 3.05) is 7.11 Å². The van der Waals surface area contributed by atoms with E-state index in [2.05, 4.69) is 11.4 Å². The van der Waals surface area contributed by atoms with E-state index in [1.54, 1.807) is 12.1 Å². The molecule has 0 saturated carbocycles. The van der Waals surface area contributed by atoms with E-state index in [1.807, 2.05) is 50.2 Å². The Hall–Kier alpha value is -2.84. The molecule has 130 valence electrons. The molecule has 0 heterocycles. The molecule has 0 aliphatic rings. The van der Waals surface area contributed by atoms with E-state index in [-0.39, 0.29) is 12.0 Å². The van der Waals surface area contributed by atoms with Crippen LogP contribution in [0.3, 0.4) is 0 Å². The van der Waals surface area contributed by atoms with Crippen molar-refractivity contribution in [3.05, 3.63) is 65.2 Å². The summed E-state index contributed by atoms with van der Waals surface area (Å²) in [6.07, 6.45) is -0.591. The Labute approximate surface area is 148 Å². The maximum Gasteiger partial charge on any atom is 0.254 e. The summed E-state index contributed by atoms with van der Waals surface area (Å²) in [6, 6.07) is 16.5. The van der Waals surface area contributed by atoms with Gasteiger partial charge < -0.3 is 14.8 Å². The molecule has 1 atom stereocenters. The maximum atomic E-state index is 12.4. The van der Waals surface area contributed by atoms with Crippen molar-refractivity contribution >= 4 is 5.91 Å². The molecule has 2 aromatic carbocycles. The van der Waals surface area contributed by atoms with Crippen LogP contribution in [0, 0.1) is 11.3 Å². The fourth-order valence-electron chi connectivity index (χ4n) is 2.37. The topological polar surface area (TPSA) is 71.3 Å². The Bertz CT molecular complexity index is 731. The van der Waals surface area contributed by atoms with Gasteiger partial charge in [0.25, 0.3) is 5.91 Å². The SMILES string of the molecule is CO[C@H](C(=O)NCc1ccc(C#N)cc1)c1ccc(OC(C)C)cc1. The van der Waals surface area contributed by atoms with Crippen LogP contribution in [0.15, 0.2) is 48.5 Å². The van der Waals surface area contributed by atoms with Crippen molar-refractivity contribution in [1.29, 1.82) is 5.26 Å². The van der Waals surface area contributed by atoms with Gasteiger partial charge in [0.1, 0.15) is 5.75 Å². The van der Waals surface area contributed by atoms with Gasteiger partial charge in [-0.05, 0) is 49.2 Å². The summed E-state index contributed by atoms with van der Waals surface area (Å²) in [5, 5.41) is 11.7. The highest BCUT2D eigenvalue weighted by Gasteiger charge is 2.19. The van der Waals surface area contributed by atoms with Crippen molar-refractivity contribution in [2.24, 2.45) is 0 Å². The van der Waals surface area contributed by atoms with E-state index in [0.717, 1.165) is 16.9 Å². The molecule has 1 N–H and O–H groups in total. The fourth-order valence-corrected chi connectivity index (χ4v) is 2.37. The van der Waals surface area contributed by atoms with Crippen LogP contribution in [0.4, 0.5) is 0 Å². The number of nitrogens with one attached hydrogen (secondary N) is 1. The first-order chi connectivity index (χ1) is 12.0. The number of rotatable bonds is 7. The molecule has 0 aliphatic carbocycles. The number of carbonyl (C=O) groups excluding carboxylic acids is 1. The Morgan fingerprint density at radius 3 is 2.28 bits per heavy atom. The molecule has 2 aromatic rings. The highest BCUT2D eigenvalue weighted by molar-refractivity contribution is 5.82. The minimum Gasteiger partial charge on any atom is -0.491 e. The van der Waals surface area contributed by atoms with Crippen LogP contribution in [0.1, 0.15) is 36.6 Å². The lowest BCUT2D eigenvalue weighted by Gasteiger charge is -2.17. The average Bonchev–Trinajstić information content (AvgIpc) is 2.62. The van der Waals surface area contributed by atoms with E-state index >= 15 is 0 Å². The molecule has 0 fully saturated rings. The lowest BCUT2D eigenvalue weighted by molar-refractivity contribution is -0.131. The van der Waals surface area contributed by atoms with E-state index in [1.165, 1.54) is 7.11 Å². The predicted octanol–water partition coefficient (Wildman–Crippen LogP) is 3.35. The van der Waals surface area contributed by atoms with Gasteiger partial charge in [0.05, 0.1) is 17.7 Å². The molecule has 0 radical (unpaired) electrons. The zero-order valence-corrected chi connectivity index (χ0v) is 14.7. The van der Waals surface area contributed by atoms with Crippen LogP contribution >= 0.6 is 0 Å². The van der Waals surface area contributed by atoms with Crippen LogP contribution in [0.5, 0.6) is 5.75 Å². The average molecular weight is 338 g/mol. The zero-order valence-electron chi connectivity index (χ0n) is 14.7. The number of nitriles is 1. The first-order valence-electron chi connectivity index (χ1n) is 8.09. The molecular weight excluding hydrogens is 316 g/mol. The molecule has 0 aromatic heterocycles. The van der Waals surface area contributed by atoms with Gasteiger partial charge in [-0.3, -0.25) is 4.79 Å². The summed E-state index contributed by atoms with van der Waals surface area (Å²) < 4.78 is 11.0. The first-order valence-corrected chi connectivity index (χ1v) is 8.09. The summed E-state index contributed by atoms with van der Waals surface area (Å²) in [4.78, 5) is 12.4.